The maximum Gasteiger partial charge on any atom is 0.407 e. The summed E-state index contributed by atoms with van der Waals surface area (Å²) in [4.78, 5) is 69.8. The fraction of sp³-hybridized carbons (Fsp3) is 0.485. The van der Waals surface area contributed by atoms with E-state index in [1.807, 2.05) is 6.07 Å². The number of nitrogens with zero attached hydrogens (tertiary/aromatic N) is 3. The van der Waals surface area contributed by atoms with E-state index in [9.17, 15) is 32.4 Å². The Morgan fingerprint density at radius 2 is 1.68 bits per heavy atom. The minimum Gasteiger partial charge on any atom is -0.459 e. The van der Waals surface area contributed by atoms with Gasteiger partial charge in [-0.15, -0.1) is 0 Å². The number of ether oxygens (including phenoxy) is 2. The molecule has 3 atom stereocenters. The number of alkyl carbamates (subject to hydrolysis) is 1. The number of carbonyl (C=O) groups excluding carboxylic acids is 5. The SMILES string of the molecule is CN1CC(=O)N2C[C@H](NC(=O)OC(C)(C)C)C[C@H]2CS(=O)(=O)c2cccc(c2)C(=O)N(C)[C@H](C(=O)OCc2ccccc2)CCC1=O. The molecule has 0 aromatic heterocycles. The fourth-order valence-electron chi connectivity index (χ4n) is 5.60. The van der Waals surface area contributed by atoms with Gasteiger partial charge in [-0.1, -0.05) is 36.4 Å². The van der Waals surface area contributed by atoms with Gasteiger partial charge < -0.3 is 29.5 Å². The van der Waals surface area contributed by atoms with Crippen LogP contribution in [0.2, 0.25) is 0 Å². The van der Waals surface area contributed by atoms with Gasteiger partial charge in [0.1, 0.15) is 18.2 Å². The summed E-state index contributed by atoms with van der Waals surface area (Å²) in [6.45, 7) is 4.74. The number of nitrogens with one attached hydrogen (secondary N) is 1. The largest absolute Gasteiger partial charge is 0.459 e. The van der Waals surface area contributed by atoms with Gasteiger partial charge in [0, 0.05) is 38.7 Å². The van der Waals surface area contributed by atoms with E-state index in [2.05, 4.69) is 5.32 Å². The summed E-state index contributed by atoms with van der Waals surface area (Å²) >= 11 is 0. The number of benzene rings is 2. The van der Waals surface area contributed by atoms with Crippen LogP contribution in [-0.4, -0.2) is 110 Å². The maximum atomic E-state index is 13.7. The molecule has 2 bridgehead atoms. The van der Waals surface area contributed by atoms with Crippen LogP contribution in [-0.2, 0) is 40.3 Å². The topological polar surface area (TPSA) is 160 Å². The normalized spacial score (nSPS) is 22.4. The third kappa shape index (κ3) is 9.31. The van der Waals surface area contributed by atoms with E-state index >= 15 is 0 Å². The quantitative estimate of drug-likeness (QED) is 0.482. The zero-order valence-corrected chi connectivity index (χ0v) is 28.1. The van der Waals surface area contributed by atoms with Gasteiger partial charge in [-0.3, -0.25) is 14.4 Å². The second-order valence-corrected chi connectivity index (χ2v) is 14.9. The molecule has 2 aromatic rings. The van der Waals surface area contributed by atoms with E-state index in [0.29, 0.717) is 0 Å². The maximum absolute atomic E-state index is 13.7. The van der Waals surface area contributed by atoms with Crippen molar-refractivity contribution < 1.29 is 41.9 Å². The van der Waals surface area contributed by atoms with Gasteiger partial charge in [0.15, 0.2) is 9.84 Å². The molecule has 47 heavy (non-hydrogen) atoms. The van der Waals surface area contributed by atoms with E-state index in [-0.39, 0.29) is 49.4 Å². The Morgan fingerprint density at radius 3 is 2.36 bits per heavy atom. The summed E-state index contributed by atoms with van der Waals surface area (Å²) < 4.78 is 38.3. The second kappa shape index (κ2) is 14.5. The molecule has 0 radical (unpaired) electrons. The van der Waals surface area contributed by atoms with Gasteiger partial charge in [-0.2, -0.15) is 0 Å². The monoisotopic (exact) mass is 670 g/mol. The van der Waals surface area contributed by atoms with Crippen molar-refractivity contribution in [3.8, 4) is 0 Å². The first-order chi connectivity index (χ1) is 22.0. The van der Waals surface area contributed by atoms with Crippen molar-refractivity contribution in [3.05, 3.63) is 65.7 Å². The van der Waals surface area contributed by atoms with Gasteiger partial charge in [0.2, 0.25) is 11.8 Å². The molecule has 1 saturated heterocycles. The van der Waals surface area contributed by atoms with E-state index in [0.717, 1.165) is 10.5 Å². The smallest absolute Gasteiger partial charge is 0.407 e. The van der Waals surface area contributed by atoms with Crippen LogP contribution >= 0.6 is 0 Å². The van der Waals surface area contributed by atoms with Gasteiger partial charge >= 0.3 is 12.1 Å². The lowest BCUT2D eigenvalue weighted by molar-refractivity contribution is -0.150. The first kappa shape index (κ1) is 35.4. The Labute approximate surface area is 275 Å². The lowest BCUT2D eigenvalue weighted by Gasteiger charge is -2.29. The molecule has 1 N–H and O–H groups in total. The van der Waals surface area contributed by atoms with Gasteiger partial charge in [-0.25, -0.2) is 18.0 Å². The lowest BCUT2D eigenvalue weighted by atomic mass is 10.1. The fourth-order valence-corrected chi connectivity index (χ4v) is 7.21. The van der Waals surface area contributed by atoms with Crippen molar-refractivity contribution in [2.45, 2.75) is 75.3 Å². The van der Waals surface area contributed by atoms with Crippen molar-refractivity contribution >= 4 is 39.6 Å². The van der Waals surface area contributed by atoms with Crippen molar-refractivity contribution in [2.24, 2.45) is 0 Å². The van der Waals surface area contributed by atoms with Gasteiger partial charge in [0.05, 0.1) is 23.2 Å². The minimum absolute atomic E-state index is 0.0128. The number of hydrogen-bond acceptors (Lipinski definition) is 9. The standard InChI is InChI=1S/C33H42N4O9S/c1-33(2,3)46-32(42)34-24-17-25-21-47(43,44)26-13-9-12-23(16-26)30(40)36(5)27(31(41)45-20-22-10-7-6-8-11-22)14-15-28(38)35(4)19-29(39)37(25)18-24/h6-13,16,24-25,27H,14-15,17-21H2,1-5H3,(H,34,42)/t24-,25+,27+/m1/s1. The Morgan fingerprint density at radius 1 is 0.979 bits per heavy atom. The van der Waals surface area contributed by atoms with Crippen molar-refractivity contribution in [1.29, 1.82) is 0 Å². The number of sulfone groups is 1. The molecule has 0 unspecified atom stereocenters. The number of amides is 4. The molecule has 1 fully saturated rings. The third-order valence-corrected chi connectivity index (χ3v) is 9.82. The van der Waals surface area contributed by atoms with Crippen molar-refractivity contribution in [1.82, 2.24) is 20.0 Å². The summed E-state index contributed by atoms with van der Waals surface area (Å²) in [6, 6.07) is 11.9. The molecule has 2 heterocycles. The van der Waals surface area contributed by atoms with E-state index < -0.39 is 69.1 Å². The molecule has 14 heteroatoms. The number of rotatable bonds is 4. The number of esters is 1. The molecule has 2 aliphatic rings. The molecule has 2 aromatic carbocycles. The molecular formula is C33H42N4O9S. The predicted octanol–water partition coefficient (Wildman–Crippen LogP) is 2.39. The molecule has 4 amide bonds. The van der Waals surface area contributed by atoms with Crippen LogP contribution in [0.3, 0.4) is 0 Å². The molecule has 13 nitrogen and oxygen atoms in total. The Bertz CT molecular complexity index is 1610. The van der Waals surface area contributed by atoms with Gasteiger partial charge in [0.25, 0.3) is 5.91 Å². The number of fused-ring (bicyclic) bond motifs is 3. The number of hydrogen-bond donors (Lipinski definition) is 1. The number of likely N-dealkylation sites (N-methyl/N-ethyl adjacent to an activating group) is 2. The van der Waals surface area contributed by atoms with Crippen LogP contribution in [0.4, 0.5) is 4.79 Å². The van der Waals surface area contributed by atoms with Crippen LogP contribution < -0.4 is 5.32 Å². The highest BCUT2D eigenvalue weighted by Gasteiger charge is 2.40. The molecule has 254 valence electrons. The van der Waals surface area contributed by atoms with E-state index in [4.69, 9.17) is 9.47 Å². The van der Waals surface area contributed by atoms with Crippen LogP contribution in [0.15, 0.2) is 59.5 Å². The molecular weight excluding hydrogens is 628 g/mol. The van der Waals surface area contributed by atoms with E-state index in [1.165, 1.54) is 48.2 Å². The summed E-state index contributed by atoms with van der Waals surface area (Å²) in [5.41, 5.74) is -0.00480. The van der Waals surface area contributed by atoms with Crippen LogP contribution in [0.25, 0.3) is 0 Å². The third-order valence-electron chi connectivity index (χ3n) is 8.02. The first-order valence-electron chi connectivity index (χ1n) is 15.4. The molecule has 2 aliphatic heterocycles. The Hall–Kier alpha value is -4.46. The van der Waals surface area contributed by atoms with Crippen molar-refractivity contribution in [3.63, 3.8) is 0 Å². The summed E-state index contributed by atoms with van der Waals surface area (Å²) in [5.74, 6) is -2.80. The first-order valence-corrected chi connectivity index (χ1v) is 17.0. The molecule has 4 rings (SSSR count). The van der Waals surface area contributed by atoms with Crippen molar-refractivity contribution in [2.75, 3.05) is 32.9 Å². The highest BCUT2D eigenvalue weighted by atomic mass is 32.2. The average molecular weight is 671 g/mol. The summed E-state index contributed by atoms with van der Waals surface area (Å²) in [6.07, 6.45) is -0.834. The van der Waals surface area contributed by atoms with Crippen LogP contribution in [0.1, 0.15) is 56.0 Å². The summed E-state index contributed by atoms with van der Waals surface area (Å²) in [5, 5.41) is 2.72. The van der Waals surface area contributed by atoms with Gasteiger partial charge in [-0.05, 0) is 57.4 Å². The predicted molar refractivity (Wildman–Crippen MR) is 171 cm³/mol. The lowest BCUT2D eigenvalue weighted by Crippen LogP contribution is -2.47. The zero-order chi connectivity index (χ0) is 34.5. The zero-order valence-electron chi connectivity index (χ0n) is 27.3. The summed E-state index contributed by atoms with van der Waals surface area (Å²) in [7, 11) is -1.23. The highest BCUT2D eigenvalue weighted by molar-refractivity contribution is 7.91. The average Bonchev–Trinajstić information content (AvgIpc) is 3.39. The molecule has 0 spiro atoms. The van der Waals surface area contributed by atoms with Crippen LogP contribution in [0.5, 0.6) is 0 Å². The van der Waals surface area contributed by atoms with Crippen LogP contribution in [0, 0.1) is 0 Å². The minimum atomic E-state index is -4.06. The molecule has 0 aliphatic carbocycles. The second-order valence-electron chi connectivity index (χ2n) is 12.9. The molecule has 0 saturated carbocycles. The Balaban J connectivity index is 1.63. The highest BCUT2D eigenvalue weighted by Crippen LogP contribution is 2.25. The number of carbonyl (C=O) groups is 5. The Kier molecular flexibility index (Phi) is 10.9. The van der Waals surface area contributed by atoms with E-state index in [1.54, 1.807) is 45.0 Å².